The molecule has 0 saturated heterocycles. The molecule has 2 aromatic heterocycles. The Bertz CT molecular complexity index is 1740. The molecule has 0 aliphatic heterocycles. The van der Waals surface area contributed by atoms with E-state index >= 15 is 0 Å². The molecule has 0 aliphatic rings. The number of nitrogens with zero attached hydrogens (tertiary/aromatic N) is 3. The zero-order valence-electron chi connectivity index (χ0n) is 25.4. The molecule has 11 heteroatoms. The highest BCUT2D eigenvalue weighted by atomic mass is 16.5. The van der Waals surface area contributed by atoms with Gasteiger partial charge in [-0.1, -0.05) is 84.0 Å². The van der Waals surface area contributed by atoms with Crippen molar-refractivity contribution in [2.24, 2.45) is 0 Å². The predicted octanol–water partition coefficient (Wildman–Crippen LogP) is 3.55. The van der Waals surface area contributed by atoms with Gasteiger partial charge in [-0.05, 0) is 54.7 Å². The van der Waals surface area contributed by atoms with Crippen molar-refractivity contribution < 1.29 is 29.1 Å². The van der Waals surface area contributed by atoms with Crippen LogP contribution in [0.1, 0.15) is 44.2 Å². The van der Waals surface area contributed by atoms with Crippen molar-refractivity contribution in [1.82, 2.24) is 20.8 Å². The minimum Gasteiger partial charge on any atom is -0.530 e. The number of benzene rings is 3. The van der Waals surface area contributed by atoms with Gasteiger partial charge in [0.2, 0.25) is 5.76 Å². The minimum absolute atomic E-state index is 0.00387. The summed E-state index contributed by atoms with van der Waals surface area (Å²) in [6.45, 7) is -0.119. The first-order valence-corrected chi connectivity index (χ1v) is 15.1. The Kier molecular flexibility index (Phi) is 11.1. The molecule has 0 spiro atoms. The van der Waals surface area contributed by atoms with Crippen LogP contribution in [0.5, 0.6) is 0 Å². The second-order valence-electron chi connectivity index (χ2n) is 11.0. The Morgan fingerprint density at radius 1 is 0.766 bits per heavy atom. The number of para-hydroxylation sites is 1. The molecule has 2 heterocycles. The number of anilines is 1. The molecule has 3 atom stereocenters. The summed E-state index contributed by atoms with van der Waals surface area (Å²) in [4.78, 5) is 44.3. The number of carbonyl (C=O) groups is 3. The van der Waals surface area contributed by atoms with Crippen LogP contribution in [0.15, 0.2) is 126 Å². The molecule has 5 rings (SSSR count). The summed E-state index contributed by atoms with van der Waals surface area (Å²) in [5.41, 5.74) is 2.53. The van der Waals surface area contributed by atoms with Crippen molar-refractivity contribution in [2.45, 2.75) is 44.0 Å². The predicted molar refractivity (Wildman–Crippen MR) is 172 cm³/mol. The second kappa shape index (κ2) is 16.0. The molecule has 3 amide bonds. The van der Waals surface area contributed by atoms with Crippen molar-refractivity contribution in [2.75, 3.05) is 4.90 Å². The van der Waals surface area contributed by atoms with Crippen LogP contribution in [-0.4, -0.2) is 51.3 Å². The first kappa shape index (κ1) is 32.6. The van der Waals surface area contributed by atoms with Gasteiger partial charge in [-0.3, -0.25) is 14.6 Å². The third-order valence-corrected chi connectivity index (χ3v) is 7.63. The number of rotatable bonds is 14. The maximum atomic E-state index is 13.9. The molecule has 3 N–H and O–H groups in total. The van der Waals surface area contributed by atoms with Gasteiger partial charge in [0.25, 0.3) is 11.8 Å². The van der Waals surface area contributed by atoms with Crippen molar-refractivity contribution in [3.8, 4) is 0 Å². The summed E-state index contributed by atoms with van der Waals surface area (Å²) in [6.07, 6.45) is 1.06. The van der Waals surface area contributed by atoms with E-state index in [9.17, 15) is 24.6 Å². The molecule has 11 nitrogen and oxygen atoms in total. The average molecular weight is 633 g/mol. The number of aromatic nitrogens is 2. The molecular weight excluding hydrogens is 598 g/mol. The first-order valence-electron chi connectivity index (χ1n) is 15.1. The van der Waals surface area contributed by atoms with Crippen molar-refractivity contribution in [3.05, 3.63) is 150 Å². The number of hydrogen-bond acceptors (Lipinski definition) is 8. The number of carbonyl (C=O) groups excluding carboxylic acids is 3. The largest absolute Gasteiger partial charge is 0.530 e. The summed E-state index contributed by atoms with van der Waals surface area (Å²) >= 11 is 0. The molecule has 47 heavy (non-hydrogen) atoms. The molecule has 0 bridgehead atoms. The Morgan fingerprint density at radius 3 is 2.06 bits per heavy atom. The lowest BCUT2D eigenvalue weighted by Crippen LogP contribution is -2.49. The number of aliphatic hydroxyl groups excluding tert-OH is 1. The zero-order chi connectivity index (χ0) is 33.0. The SMILES string of the molecule is O=C(N[C@@H](Cc1ccccc1)[C@@H](O)C[C@H](Cc1ccccc1)NC(=O)c1ccccc1N(Cc1ccccn1)C(=O)[O-])c1ccno1. The van der Waals surface area contributed by atoms with Gasteiger partial charge in [0, 0.05) is 18.3 Å². The van der Waals surface area contributed by atoms with Crippen LogP contribution in [0.3, 0.4) is 0 Å². The van der Waals surface area contributed by atoms with Gasteiger partial charge in [0.1, 0.15) is 6.09 Å². The first-order chi connectivity index (χ1) is 22.9. The van der Waals surface area contributed by atoms with Crippen LogP contribution >= 0.6 is 0 Å². The number of amides is 3. The highest BCUT2D eigenvalue weighted by Crippen LogP contribution is 2.23. The van der Waals surface area contributed by atoms with E-state index in [1.54, 1.807) is 36.5 Å². The lowest BCUT2D eigenvalue weighted by molar-refractivity contribution is -0.246. The second-order valence-corrected chi connectivity index (χ2v) is 11.0. The summed E-state index contributed by atoms with van der Waals surface area (Å²) in [6, 6.07) is 30.5. The van der Waals surface area contributed by atoms with E-state index in [1.165, 1.54) is 24.4 Å². The Labute approximate surface area is 271 Å². The van der Waals surface area contributed by atoms with Gasteiger partial charge in [0.15, 0.2) is 0 Å². The molecular formula is C36H34N5O6-. The normalized spacial score (nSPS) is 12.8. The van der Waals surface area contributed by atoms with E-state index in [0.29, 0.717) is 18.5 Å². The molecule has 3 aromatic carbocycles. The van der Waals surface area contributed by atoms with Crippen molar-refractivity contribution >= 4 is 23.6 Å². The summed E-state index contributed by atoms with van der Waals surface area (Å²) in [5, 5.41) is 33.4. The van der Waals surface area contributed by atoms with E-state index in [1.807, 2.05) is 60.7 Å². The highest BCUT2D eigenvalue weighted by Gasteiger charge is 2.28. The third kappa shape index (κ3) is 9.12. The number of nitrogens with one attached hydrogen (secondary N) is 2. The Morgan fingerprint density at radius 2 is 1.43 bits per heavy atom. The number of hydrogen-bond donors (Lipinski definition) is 3. The molecule has 240 valence electrons. The standard InChI is InChI=1S/C36H35N5O6/c42-32(30(22-26-13-5-2-6-14-26)40-35(44)33-18-20-38-47-33)23-28(21-25-11-3-1-4-12-25)39-34(43)29-16-7-8-17-31(29)41(36(45)46)24-27-15-9-10-19-37-27/h1-20,28,30,32,42H,21-24H2,(H,39,43)(H,40,44)(H,45,46)/p-1/t28-,30-,32-/m0/s1. The maximum absolute atomic E-state index is 13.9. The lowest BCUT2D eigenvalue weighted by Gasteiger charge is -2.29. The van der Waals surface area contributed by atoms with Gasteiger partial charge in [-0.2, -0.15) is 0 Å². The van der Waals surface area contributed by atoms with Crippen molar-refractivity contribution in [1.29, 1.82) is 0 Å². The van der Waals surface area contributed by atoms with Crippen molar-refractivity contribution in [3.63, 3.8) is 0 Å². The monoisotopic (exact) mass is 632 g/mol. The third-order valence-electron chi connectivity index (χ3n) is 7.63. The molecule has 0 saturated carbocycles. The van der Waals surface area contributed by atoms with Crippen LogP contribution in [0.2, 0.25) is 0 Å². The van der Waals surface area contributed by atoms with Crippen LogP contribution in [-0.2, 0) is 19.4 Å². The topological polar surface area (TPSA) is 161 Å². The van der Waals surface area contributed by atoms with E-state index in [4.69, 9.17) is 4.52 Å². The van der Waals surface area contributed by atoms with E-state index in [0.717, 1.165) is 16.0 Å². The summed E-state index contributed by atoms with van der Waals surface area (Å²) < 4.78 is 5.02. The lowest BCUT2D eigenvalue weighted by atomic mass is 9.93. The van der Waals surface area contributed by atoms with Crippen LogP contribution in [0, 0.1) is 0 Å². The Hall–Kier alpha value is -5.81. The number of aliphatic hydroxyl groups is 1. The van der Waals surface area contributed by atoms with Crippen LogP contribution in [0.4, 0.5) is 10.5 Å². The van der Waals surface area contributed by atoms with Gasteiger partial charge in [0.05, 0.1) is 41.8 Å². The molecule has 0 unspecified atom stereocenters. The fourth-order valence-electron chi connectivity index (χ4n) is 5.34. The maximum Gasteiger partial charge on any atom is 0.290 e. The fraction of sp³-hybridized carbons (Fsp3) is 0.194. The Balaban J connectivity index is 1.40. The quantitative estimate of drug-likeness (QED) is 0.168. The van der Waals surface area contributed by atoms with Gasteiger partial charge in [-0.15, -0.1) is 0 Å². The average Bonchev–Trinajstić information content (AvgIpc) is 3.64. The molecule has 0 aliphatic carbocycles. The van der Waals surface area contributed by atoms with Crippen LogP contribution in [0.25, 0.3) is 0 Å². The van der Waals surface area contributed by atoms with Gasteiger partial charge < -0.3 is 35.1 Å². The summed E-state index contributed by atoms with van der Waals surface area (Å²) in [5.74, 6) is -1.06. The molecule has 5 aromatic rings. The fourth-order valence-corrected chi connectivity index (χ4v) is 5.34. The van der Waals surface area contributed by atoms with Gasteiger partial charge >= 0.3 is 0 Å². The number of pyridine rings is 1. The molecule has 0 fully saturated rings. The van der Waals surface area contributed by atoms with E-state index in [2.05, 4.69) is 20.8 Å². The minimum atomic E-state index is -1.49. The zero-order valence-corrected chi connectivity index (χ0v) is 25.4. The van der Waals surface area contributed by atoms with Gasteiger partial charge in [-0.25, -0.2) is 0 Å². The number of carboxylic acid groups (broad SMARTS) is 1. The van der Waals surface area contributed by atoms with E-state index < -0.39 is 36.1 Å². The highest BCUT2D eigenvalue weighted by molar-refractivity contribution is 6.03. The smallest absolute Gasteiger partial charge is 0.290 e. The molecule has 0 radical (unpaired) electrons. The van der Waals surface area contributed by atoms with E-state index in [-0.39, 0.29) is 30.0 Å². The van der Waals surface area contributed by atoms with Crippen LogP contribution < -0.4 is 20.6 Å². The summed E-state index contributed by atoms with van der Waals surface area (Å²) in [7, 11) is 0.